The smallest absolute Gasteiger partial charge is 0.150 e. The van der Waals surface area contributed by atoms with Gasteiger partial charge in [0.15, 0.2) is 9.84 Å². The zero-order valence-electron chi connectivity index (χ0n) is 8.77. The van der Waals surface area contributed by atoms with Crippen molar-refractivity contribution in [3.63, 3.8) is 0 Å². The summed E-state index contributed by atoms with van der Waals surface area (Å²) in [6, 6.07) is 7.56. The molecule has 2 atom stereocenters. The minimum atomic E-state index is -2.85. The van der Waals surface area contributed by atoms with Crippen LogP contribution < -0.4 is 5.73 Å². The van der Waals surface area contributed by atoms with Crippen LogP contribution in [0, 0.1) is 5.92 Å². The fraction of sp³-hybridized carbons (Fsp3) is 0.455. The van der Waals surface area contributed by atoms with E-state index in [-0.39, 0.29) is 23.5 Å². The van der Waals surface area contributed by atoms with E-state index in [0.717, 1.165) is 10.0 Å². The lowest BCUT2D eigenvalue weighted by molar-refractivity contribution is 0.480. The average Bonchev–Trinajstić information content (AvgIpc) is 2.58. The number of hydrogen-bond acceptors (Lipinski definition) is 3. The fourth-order valence-electron chi connectivity index (χ4n) is 2.09. The SMILES string of the molecule is NC(c1cccc(Br)c1)C1CCS(=O)(=O)C1. The predicted octanol–water partition coefficient (Wildman–Crippen LogP) is 1.88. The van der Waals surface area contributed by atoms with Gasteiger partial charge in [0.2, 0.25) is 0 Å². The number of nitrogens with two attached hydrogens (primary N) is 1. The van der Waals surface area contributed by atoms with Crippen LogP contribution in [0.3, 0.4) is 0 Å². The Morgan fingerprint density at radius 2 is 2.19 bits per heavy atom. The van der Waals surface area contributed by atoms with Gasteiger partial charge >= 0.3 is 0 Å². The van der Waals surface area contributed by atoms with Crippen molar-refractivity contribution in [1.29, 1.82) is 0 Å². The molecule has 1 saturated heterocycles. The van der Waals surface area contributed by atoms with Gasteiger partial charge in [-0.05, 0) is 30.0 Å². The molecule has 1 aromatic carbocycles. The number of rotatable bonds is 2. The van der Waals surface area contributed by atoms with Gasteiger partial charge in [-0.15, -0.1) is 0 Å². The van der Waals surface area contributed by atoms with Gasteiger partial charge in [-0.2, -0.15) is 0 Å². The Hall–Kier alpha value is -0.390. The molecule has 1 heterocycles. The molecule has 0 amide bonds. The van der Waals surface area contributed by atoms with Gasteiger partial charge in [0, 0.05) is 10.5 Å². The first kappa shape index (κ1) is 12.1. The highest BCUT2D eigenvalue weighted by molar-refractivity contribution is 9.10. The normalized spacial score (nSPS) is 25.5. The number of sulfone groups is 1. The summed E-state index contributed by atoms with van der Waals surface area (Å²) >= 11 is 3.39. The summed E-state index contributed by atoms with van der Waals surface area (Å²) in [5.41, 5.74) is 7.10. The molecular weight excluding hydrogens is 290 g/mol. The topological polar surface area (TPSA) is 60.2 Å². The van der Waals surface area contributed by atoms with Crippen LogP contribution in [0.2, 0.25) is 0 Å². The Morgan fingerprint density at radius 3 is 2.75 bits per heavy atom. The molecule has 5 heteroatoms. The van der Waals surface area contributed by atoms with Gasteiger partial charge < -0.3 is 5.73 Å². The molecule has 16 heavy (non-hydrogen) atoms. The molecule has 1 aliphatic heterocycles. The van der Waals surface area contributed by atoms with E-state index in [0.29, 0.717) is 6.42 Å². The number of benzene rings is 1. The molecule has 0 aromatic heterocycles. The van der Waals surface area contributed by atoms with Crippen LogP contribution in [-0.2, 0) is 9.84 Å². The van der Waals surface area contributed by atoms with Gasteiger partial charge in [0.1, 0.15) is 0 Å². The third kappa shape index (κ3) is 2.64. The average molecular weight is 304 g/mol. The quantitative estimate of drug-likeness (QED) is 0.907. The Labute approximate surface area is 104 Å². The lowest BCUT2D eigenvalue weighted by Gasteiger charge is -2.18. The largest absolute Gasteiger partial charge is 0.324 e. The molecule has 0 radical (unpaired) electrons. The molecule has 0 spiro atoms. The maximum atomic E-state index is 11.4. The van der Waals surface area contributed by atoms with Crippen LogP contribution in [0.5, 0.6) is 0 Å². The lowest BCUT2D eigenvalue weighted by atomic mass is 9.93. The van der Waals surface area contributed by atoms with Crippen molar-refractivity contribution >= 4 is 25.8 Å². The van der Waals surface area contributed by atoms with Crippen molar-refractivity contribution in [2.24, 2.45) is 11.7 Å². The van der Waals surface area contributed by atoms with Crippen molar-refractivity contribution in [2.45, 2.75) is 12.5 Å². The number of halogens is 1. The van der Waals surface area contributed by atoms with Crippen LogP contribution in [-0.4, -0.2) is 19.9 Å². The Bertz CT molecular complexity index is 487. The second-order valence-electron chi connectivity index (χ2n) is 4.24. The molecule has 1 fully saturated rings. The summed E-state index contributed by atoms with van der Waals surface area (Å²) in [7, 11) is -2.85. The molecule has 0 bridgehead atoms. The minimum Gasteiger partial charge on any atom is -0.324 e. The molecule has 0 aliphatic carbocycles. The first-order valence-electron chi connectivity index (χ1n) is 5.19. The van der Waals surface area contributed by atoms with Crippen molar-refractivity contribution in [1.82, 2.24) is 0 Å². The minimum absolute atomic E-state index is 0.0549. The van der Waals surface area contributed by atoms with Crippen LogP contribution in [0.15, 0.2) is 28.7 Å². The summed E-state index contributed by atoms with van der Waals surface area (Å²) < 4.78 is 23.7. The van der Waals surface area contributed by atoms with Gasteiger partial charge in [-0.25, -0.2) is 8.42 Å². The van der Waals surface area contributed by atoms with Crippen molar-refractivity contribution in [3.8, 4) is 0 Å². The predicted molar refractivity (Wildman–Crippen MR) is 67.8 cm³/mol. The summed E-state index contributed by atoms with van der Waals surface area (Å²) in [6.45, 7) is 0. The molecule has 1 aliphatic rings. The highest BCUT2D eigenvalue weighted by Gasteiger charge is 2.32. The summed E-state index contributed by atoms with van der Waals surface area (Å²) in [5.74, 6) is 0.555. The maximum Gasteiger partial charge on any atom is 0.150 e. The molecule has 2 unspecified atom stereocenters. The zero-order valence-corrected chi connectivity index (χ0v) is 11.2. The van der Waals surface area contributed by atoms with Crippen LogP contribution in [0.1, 0.15) is 18.0 Å². The van der Waals surface area contributed by atoms with E-state index in [1.165, 1.54) is 0 Å². The van der Waals surface area contributed by atoms with Crippen molar-refractivity contribution in [2.75, 3.05) is 11.5 Å². The van der Waals surface area contributed by atoms with E-state index in [2.05, 4.69) is 15.9 Å². The van der Waals surface area contributed by atoms with Gasteiger partial charge in [0.25, 0.3) is 0 Å². The number of hydrogen-bond donors (Lipinski definition) is 1. The van der Waals surface area contributed by atoms with E-state index in [1.54, 1.807) is 0 Å². The monoisotopic (exact) mass is 303 g/mol. The van der Waals surface area contributed by atoms with Crippen molar-refractivity contribution in [3.05, 3.63) is 34.3 Å². The van der Waals surface area contributed by atoms with E-state index in [4.69, 9.17) is 5.73 Å². The Morgan fingerprint density at radius 1 is 1.44 bits per heavy atom. The van der Waals surface area contributed by atoms with Crippen LogP contribution in [0.4, 0.5) is 0 Å². The van der Waals surface area contributed by atoms with Crippen molar-refractivity contribution < 1.29 is 8.42 Å². The Balaban J connectivity index is 2.17. The lowest BCUT2D eigenvalue weighted by Crippen LogP contribution is -2.22. The fourth-order valence-corrected chi connectivity index (χ4v) is 4.36. The molecule has 88 valence electrons. The standard InChI is InChI=1S/C11H14BrNO2S/c12-10-3-1-2-8(6-10)11(13)9-4-5-16(14,15)7-9/h1-3,6,9,11H,4-5,7,13H2. The van der Waals surface area contributed by atoms with E-state index >= 15 is 0 Å². The molecule has 0 saturated carbocycles. The second-order valence-corrected chi connectivity index (χ2v) is 7.39. The second kappa shape index (κ2) is 4.47. The third-order valence-electron chi connectivity index (χ3n) is 3.01. The van der Waals surface area contributed by atoms with E-state index < -0.39 is 9.84 Å². The molecular formula is C11H14BrNO2S. The maximum absolute atomic E-state index is 11.4. The first-order chi connectivity index (χ1) is 7.48. The van der Waals surface area contributed by atoms with Gasteiger partial charge in [-0.1, -0.05) is 28.1 Å². The highest BCUT2D eigenvalue weighted by Crippen LogP contribution is 2.30. The summed E-state index contributed by atoms with van der Waals surface area (Å²) in [6.07, 6.45) is 0.677. The molecule has 3 nitrogen and oxygen atoms in total. The molecule has 1 aromatic rings. The van der Waals surface area contributed by atoms with E-state index in [9.17, 15) is 8.42 Å². The zero-order chi connectivity index (χ0) is 11.8. The van der Waals surface area contributed by atoms with Gasteiger partial charge in [-0.3, -0.25) is 0 Å². The van der Waals surface area contributed by atoms with Gasteiger partial charge in [0.05, 0.1) is 11.5 Å². The van der Waals surface area contributed by atoms with Crippen LogP contribution in [0.25, 0.3) is 0 Å². The summed E-state index contributed by atoms with van der Waals surface area (Å²) in [5, 5.41) is 0. The first-order valence-corrected chi connectivity index (χ1v) is 7.81. The summed E-state index contributed by atoms with van der Waals surface area (Å²) in [4.78, 5) is 0. The molecule has 2 N–H and O–H groups in total. The Kier molecular flexibility index (Phi) is 3.37. The third-order valence-corrected chi connectivity index (χ3v) is 5.30. The van der Waals surface area contributed by atoms with Crippen LogP contribution >= 0.6 is 15.9 Å². The van der Waals surface area contributed by atoms with E-state index in [1.807, 2.05) is 24.3 Å². The highest BCUT2D eigenvalue weighted by atomic mass is 79.9. The molecule has 2 rings (SSSR count).